The van der Waals surface area contributed by atoms with E-state index in [-0.39, 0.29) is 5.56 Å². The van der Waals surface area contributed by atoms with Gasteiger partial charge in [-0.25, -0.2) is 9.78 Å². The summed E-state index contributed by atoms with van der Waals surface area (Å²) in [4.78, 5) is 15.9. The number of hydrogen-bond acceptors (Lipinski definition) is 4. The third-order valence-corrected chi connectivity index (χ3v) is 3.04. The Labute approximate surface area is 108 Å². The second-order valence-corrected chi connectivity index (χ2v) is 4.35. The number of carboxylic acids is 1. The van der Waals surface area contributed by atoms with E-state index in [0.717, 1.165) is 0 Å². The molecule has 19 heavy (non-hydrogen) atoms. The van der Waals surface area contributed by atoms with Gasteiger partial charge in [0.15, 0.2) is 0 Å². The minimum absolute atomic E-state index is 0.222. The van der Waals surface area contributed by atoms with Gasteiger partial charge in [-0.2, -0.15) is 0 Å². The number of aromatic carboxylic acids is 1. The van der Waals surface area contributed by atoms with E-state index in [9.17, 15) is 9.90 Å². The number of benzene rings is 2. The van der Waals surface area contributed by atoms with Gasteiger partial charge < -0.3 is 16.6 Å². The van der Waals surface area contributed by atoms with Crippen LogP contribution in [-0.4, -0.2) is 16.1 Å². The number of pyridine rings is 1. The molecule has 0 fully saturated rings. The fourth-order valence-corrected chi connectivity index (χ4v) is 2.21. The van der Waals surface area contributed by atoms with Crippen molar-refractivity contribution >= 4 is 39.1 Å². The van der Waals surface area contributed by atoms with Gasteiger partial charge in [-0.05, 0) is 36.4 Å². The Bertz CT molecular complexity index is 768. The Morgan fingerprint density at radius 3 is 1.84 bits per heavy atom. The van der Waals surface area contributed by atoms with Gasteiger partial charge >= 0.3 is 5.97 Å². The van der Waals surface area contributed by atoms with Gasteiger partial charge in [-0.15, -0.1) is 0 Å². The number of fused-ring (bicyclic) bond motifs is 2. The minimum Gasteiger partial charge on any atom is -0.478 e. The van der Waals surface area contributed by atoms with Crippen LogP contribution < -0.4 is 11.5 Å². The zero-order chi connectivity index (χ0) is 13.6. The lowest BCUT2D eigenvalue weighted by Gasteiger charge is -2.08. The fourth-order valence-electron chi connectivity index (χ4n) is 2.21. The molecule has 3 rings (SSSR count). The quantitative estimate of drug-likeness (QED) is 0.456. The largest absolute Gasteiger partial charge is 0.478 e. The number of carbonyl (C=O) groups is 1. The van der Waals surface area contributed by atoms with E-state index in [1.807, 2.05) is 0 Å². The lowest BCUT2D eigenvalue weighted by Crippen LogP contribution is -2.01. The summed E-state index contributed by atoms with van der Waals surface area (Å²) in [5.74, 6) is -0.994. The van der Waals surface area contributed by atoms with E-state index < -0.39 is 5.97 Å². The van der Waals surface area contributed by atoms with E-state index in [1.165, 1.54) is 0 Å². The molecular formula is C14H11N3O2. The predicted octanol–water partition coefficient (Wildman–Crippen LogP) is 2.25. The number of carboxylic acid groups (broad SMARTS) is 1. The molecule has 2 aromatic carbocycles. The first-order valence-corrected chi connectivity index (χ1v) is 5.68. The summed E-state index contributed by atoms with van der Waals surface area (Å²) in [7, 11) is 0. The van der Waals surface area contributed by atoms with Crippen LogP contribution in [0.5, 0.6) is 0 Å². The van der Waals surface area contributed by atoms with Gasteiger partial charge in [-0.1, -0.05) is 0 Å². The average molecular weight is 253 g/mol. The van der Waals surface area contributed by atoms with Crippen molar-refractivity contribution in [2.24, 2.45) is 0 Å². The van der Waals surface area contributed by atoms with Crippen LogP contribution in [0, 0.1) is 0 Å². The highest BCUT2D eigenvalue weighted by molar-refractivity contribution is 6.14. The fraction of sp³-hybridized carbons (Fsp3) is 0. The standard InChI is InChI=1S/C14H11N3O2/c15-7-1-3-9-11(5-7)17-12-6-8(16)2-4-10(12)13(9)14(18)19/h1-6H,15-16H2,(H,18,19). The average Bonchev–Trinajstić information content (AvgIpc) is 2.35. The molecule has 0 amide bonds. The van der Waals surface area contributed by atoms with Gasteiger partial charge in [0, 0.05) is 22.1 Å². The maximum Gasteiger partial charge on any atom is 0.337 e. The van der Waals surface area contributed by atoms with E-state index in [4.69, 9.17) is 11.5 Å². The van der Waals surface area contributed by atoms with Gasteiger partial charge in [-0.3, -0.25) is 0 Å². The number of hydrogen-bond donors (Lipinski definition) is 3. The molecule has 0 bridgehead atoms. The molecule has 0 atom stereocenters. The third kappa shape index (κ3) is 1.72. The molecule has 0 aliphatic carbocycles. The van der Waals surface area contributed by atoms with Gasteiger partial charge in [0.05, 0.1) is 16.6 Å². The number of nitrogen functional groups attached to an aromatic ring is 2. The summed E-state index contributed by atoms with van der Waals surface area (Å²) in [6, 6.07) is 10.0. The number of nitrogens with zero attached hydrogens (tertiary/aromatic N) is 1. The van der Waals surface area contributed by atoms with Crippen LogP contribution in [0.25, 0.3) is 21.8 Å². The highest BCUT2D eigenvalue weighted by atomic mass is 16.4. The third-order valence-electron chi connectivity index (χ3n) is 3.04. The zero-order valence-electron chi connectivity index (χ0n) is 9.92. The van der Waals surface area contributed by atoms with Crippen LogP contribution in [0.1, 0.15) is 10.4 Å². The molecule has 0 saturated heterocycles. The Morgan fingerprint density at radius 2 is 1.42 bits per heavy atom. The maximum absolute atomic E-state index is 11.5. The van der Waals surface area contributed by atoms with Gasteiger partial charge in [0.25, 0.3) is 0 Å². The zero-order valence-corrected chi connectivity index (χ0v) is 9.92. The Kier molecular flexibility index (Phi) is 2.28. The number of rotatable bonds is 1. The number of anilines is 2. The summed E-state index contributed by atoms with van der Waals surface area (Å²) in [6.07, 6.45) is 0. The van der Waals surface area contributed by atoms with E-state index >= 15 is 0 Å². The topological polar surface area (TPSA) is 102 Å². The normalized spacial score (nSPS) is 10.9. The van der Waals surface area contributed by atoms with Crippen LogP contribution in [-0.2, 0) is 0 Å². The molecule has 5 nitrogen and oxygen atoms in total. The Hall–Kier alpha value is -2.82. The molecule has 0 radical (unpaired) electrons. The first-order valence-electron chi connectivity index (χ1n) is 5.68. The molecule has 0 spiro atoms. The van der Waals surface area contributed by atoms with Crippen LogP contribution in [0.2, 0.25) is 0 Å². The highest BCUT2D eigenvalue weighted by Crippen LogP contribution is 2.28. The number of aromatic nitrogens is 1. The second kappa shape index (κ2) is 3.84. The van der Waals surface area contributed by atoms with Crippen LogP contribution >= 0.6 is 0 Å². The summed E-state index contributed by atoms with van der Waals surface area (Å²) in [6.45, 7) is 0. The molecule has 5 heteroatoms. The number of nitrogens with two attached hydrogens (primary N) is 2. The molecular weight excluding hydrogens is 242 g/mol. The van der Waals surface area contributed by atoms with Crippen molar-refractivity contribution in [2.45, 2.75) is 0 Å². The monoisotopic (exact) mass is 253 g/mol. The minimum atomic E-state index is -0.994. The first kappa shape index (κ1) is 11.3. The van der Waals surface area contributed by atoms with Crippen molar-refractivity contribution in [3.05, 3.63) is 42.0 Å². The van der Waals surface area contributed by atoms with Crippen molar-refractivity contribution in [2.75, 3.05) is 11.5 Å². The van der Waals surface area contributed by atoms with E-state index in [1.54, 1.807) is 36.4 Å². The smallest absolute Gasteiger partial charge is 0.337 e. The molecule has 5 N–H and O–H groups in total. The lowest BCUT2D eigenvalue weighted by molar-refractivity contribution is 0.0701. The first-order chi connectivity index (χ1) is 9.06. The SMILES string of the molecule is Nc1ccc2c(C(=O)O)c3ccc(N)cc3nc2c1. The molecule has 3 aromatic rings. The van der Waals surface area contributed by atoms with Crippen molar-refractivity contribution in [1.82, 2.24) is 4.98 Å². The molecule has 0 aliphatic rings. The summed E-state index contributed by atoms with van der Waals surface area (Å²) in [5.41, 5.74) is 13.8. The van der Waals surface area contributed by atoms with Crippen molar-refractivity contribution in [3.8, 4) is 0 Å². The summed E-state index contributed by atoms with van der Waals surface area (Å²) >= 11 is 0. The van der Waals surface area contributed by atoms with Crippen molar-refractivity contribution in [1.29, 1.82) is 0 Å². The van der Waals surface area contributed by atoms with Gasteiger partial charge in [0.2, 0.25) is 0 Å². The second-order valence-electron chi connectivity index (χ2n) is 4.35. The molecule has 0 unspecified atom stereocenters. The highest BCUT2D eigenvalue weighted by Gasteiger charge is 2.15. The maximum atomic E-state index is 11.5. The molecule has 0 saturated carbocycles. The lowest BCUT2D eigenvalue weighted by atomic mass is 10.0. The molecule has 1 aromatic heterocycles. The Balaban J connectivity index is 2.56. The predicted molar refractivity (Wildman–Crippen MR) is 75.0 cm³/mol. The van der Waals surface area contributed by atoms with Gasteiger partial charge in [0.1, 0.15) is 0 Å². The molecule has 0 aliphatic heterocycles. The van der Waals surface area contributed by atoms with Crippen molar-refractivity contribution < 1.29 is 9.90 Å². The Morgan fingerprint density at radius 1 is 0.947 bits per heavy atom. The van der Waals surface area contributed by atoms with Crippen LogP contribution in [0.3, 0.4) is 0 Å². The summed E-state index contributed by atoms with van der Waals surface area (Å²) in [5, 5.41) is 10.6. The summed E-state index contributed by atoms with van der Waals surface area (Å²) < 4.78 is 0. The molecule has 94 valence electrons. The van der Waals surface area contributed by atoms with Crippen LogP contribution in [0.15, 0.2) is 36.4 Å². The van der Waals surface area contributed by atoms with E-state index in [0.29, 0.717) is 33.2 Å². The molecule has 1 heterocycles. The van der Waals surface area contributed by atoms with Crippen LogP contribution in [0.4, 0.5) is 11.4 Å². The van der Waals surface area contributed by atoms with E-state index in [2.05, 4.69) is 4.98 Å². The van der Waals surface area contributed by atoms with Crippen molar-refractivity contribution in [3.63, 3.8) is 0 Å².